The topological polar surface area (TPSA) is 92.0 Å². The summed E-state index contributed by atoms with van der Waals surface area (Å²) in [5.74, 6) is 0.225. The summed E-state index contributed by atoms with van der Waals surface area (Å²) in [4.78, 5) is 17.2. The summed E-state index contributed by atoms with van der Waals surface area (Å²) in [6.07, 6.45) is -0.891. The van der Waals surface area contributed by atoms with Gasteiger partial charge in [-0.3, -0.25) is 4.79 Å². The highest BCUT2D eigenvalue weighted by Gasteiger charge is 2.07. The molecule has 5 heteroatoms. The first-order valence-electron chi connectivity index (χ1n) is 3.59. The monoisotopic (exact) mass is 169 g/mol. The second-order valence-electron chi connectivity index (χ2n) is 2.52. The van der Waals surface area contributed by atoms with Crippen LogP contribution in [0.5, 0.6) is 0 Å². The Kier molecular flexibility index (Phi) is 2.57. The highest BCUT2D eigenvalue weighted by Crippen LogP contribution is 2.02. The molecule has 12 heavy (non-hydrogen) atoms. The lowest BCUT2D eigenvalue weighted by Crippen LogP contribution is -2.19. The maximum absolute atomic E-state index is 10.9. The van der Waals surface area contributed by atoms with Crippen molar-refractivity contribution in [2.75, 3.05) is 6.54 Å². The van der Waals surface area contributed by atoms with Gasteiger partial charge in [-0.2, -0.15) is 0 Å². The minimum Gasteiger partial charge on any atom is -0.384 e. The van der Waals surface area contributed by atoms with Gasteiger partial charge in [0.25, 0.3) is 5.56 Å². The molecule has 1 aromatic heterocycles. The van der Waals surface area contributed by atoms with Gasteiger partial charge in [-0.1, -0.05) is 0 Å². The molecule has 1 unspecified atom stereocenters. The molecule has 1 rings (SSSR count). The maximum atomic E-state index is 10.9. The fraction of sp³-hybridized carbons (Fsp3) is 0.429. The summed E-state index contributed by atoms with van der Waals surface area (Å²) in [6.45, 7) is 1.73. The normalized spacial score (nSPS) is 12.9. The van der Waals surface area contributed by atoms with Crippen molar-refractivity contribution in [1.82, 2.24) is 9.97 Å². The molecule has 66 valence electrons. The first kappa shape index (κ1) is 8.89. The minimum absolute atomic E-state index is 0.0480. The molecule has 5 nitrogen and oxygen atoms in total. The van der Waals surface area contributed by atoms with E-state index in [1.165, 1.54) is 6.07 Å². The van der Waals surface area contributed by atoms with E-state index in [9.17, 15) is 9.90 Å². The molecule has 0 radical (unpaired) electrons. The number of nitrogens with zero attached hydrogens (tertiary/aromatic N) is 1. The van der Waals surface area contributed by atoms with Crippen LogP contribution in [-0.2, 0) is 0 Å². The van der Waals surface area contributed by atoms with E-state index in [-0.39, 0.29) is 17.9 Å². The van der Waals surface area contributed by atoms with Crippen LogP contribution in [0.4, 0.5) is 0 Å². The van der Waals surface area contributed by atoms with E-state index in [0.29, 0.717) is 5.69 Å². The van der Waals surface area contributed by atoms with Gasteiger partial charge in [-0.25, -0.2) is 4.98 Å². The van der Waals surface area contributed by atoms with Crippen molar-refractivity contribution in [3.63, 3.8) is 0 Å². The molecule has 0 aliphatic rings. The lowest BCUT2D eigenvalue weighted by Gasteiger charge is -2.06. The number of aromatic nitrogens is 2. The molecule has 1 aromatic rings. The van der Waals surface area contributed by atoms with Crippen LogP contribution in [0, 0.1) is 6.92 Å². The number of H-pyrrole nitrogens is 1. The average Bonchev–Trinajstić information content (AvgIpc) is 2.01. The van der Waals surface area contributed by atoms with Crippen molar-refractivity contribution in [2.45, 2.75) is 13.0 Å². The minimum atomic E-state index is -0.891. The zero-order chi connectivity index (χ0) is 9.14. The molecule has 0 amide bonds. The first-order chi connectivity index (χ1) is 5.63. The van der Waals surface area contributed by atoms with Gasteiger partial charge >= 0.3 is 0 Å². The van der Waals surface area contributed by atoms with Crippen LogP contribution in [0.3, 0.4) is 0 Å². The summed E-state index contributed by atoms with van der Waals surface area (Å²) in [7, 11) is 0. The van der Waals surface area contributed by atoms with Crippen LogP contribution in [0.1, 0.15) is 17.6 Å². The number of hydrogen-bond donors (Lipinski definition) is 3. The standard InChI is InChI=1S/C7H11N3O2/c1-4-2-6(12)10-7(9-4)5(11)3-8/h2,5,11H,3,8H2,1H3,(H,9,10,12). The van der Waals surface area contributed by atoms with E-state index in [4.69, 9.17) is 5.73 Å². The lowest BCUT2D eigenvalue weighted by molar-refractivity contribution is 0.176. The molecule has 0 saturated heterocycles. The summed E-state index contributed by atoms with van der Waals surface area (Å²) in [5, 5.41) is 9.22. The smallest absolute Gasteiger partial charge is 0.251 e. The number of rotatable bonds is 2. The summed E-state index contributed by atoms with van der Waals surface area (Å²) >= 11 is 0. The quantitative estimate of drug-likeness (QED) is 0.533. The molecular weight excluding hydrogens is 158 g/mol. The van der Waals surface area contributed by atoms with E-state index >= 15 is 0 Å². The number of nitrogens with two attached hydrogens (primary N) is 1. The molecule has 0 saturated carbocycles. The van der Waals surface area contributed by atoms with Crippen LogP contribution in [0.15, 0.2) is 10.9 Å². The zero-order valence-corrected chi connectivity index (χ0v) is 6.74. The Morgan fingerprint density at radius 3 is 3.00 bits per heavy atom. The molecule has 0 bridgehead atoms. The summed E-state index contributed by atoms with van der Waals surface area (Å²) in [6, 6.07) is 1.35. The number of aryl methyl sites for hydroxylation is 1. The van der Waals surface area contributed by atoms with Gasteiger partial charge in [-0.15, -0.1) is 0 Å². The van der Waals surface area contributed by atoms with Crippen LogP contribution >= 0.6 is 0 Å². The van der Waals surface area contributed by atoms with Crippen LogP contribution < -0.4 is 11.3 Å². The largest absolute Gasteiger partial charge is 0.384 e. The third-order valence-electron chi connectivity index (χ3n) is 1.43. The van der Waals surface area contributed by atoms with Gasteiger partial charge in [-0.05, 0) is 6.92 Å². The molecule has 0 aliphatic heterocycles. The molecule has 0 spiro atoms. The number of aliphatic hydroxyl groups is 1. The number of aromatic amines is 1. The van der Waals surface area contributed by atoms with E-state index in [1.54, 1.807) is 6.92 Å². The summed E-state index contributed by atoms with van der Waals surface area (Å²) < 4.78 is 0. The Morgan fingerprint density at radius 2 is 2.50 bits per heavy atom. The number of nitrogens with one attached hydrogen (secondary N) is 1. The molecule has 4 N–H and O–H groups in total. The van der Waals surface area contributed by atoms with Gasteiger partial charge < -0.3 is 15.8 Å². The Morgan fingerprint density at radius 1 is 1.83 bits per heavy atom. The van der Waals surface area contributed by atoms with Crippen LogP contribution in [0.2, 0.25) is 0 Å². The predicted molar refractivity (Wildman–Crippen MR) is 43.6 cm³/mol. The fourth-order valence-electron chi connectivity index (χ4n) is 0.872. The molecule has 1 atom stereocenters. The zero-order valence-electron chi connectivity index (χ0n) is 6.74. The van der Waals surface area contributed by atoms with E-state index in [1.807, 2.05) is 0 Å². The van der Waals surface area contributed by atoms with Crippen molar-refractivity contribution >= 4 is 0 Å². The van der Waals surface area contributed by atoms with Crippen molar-refractivity contribution in [1.29, 1.82) is 0 Å². The third kappa shape index (κ3) is 1.90. The van der Waals surface area contributed by atoms with Crippen molar-refractivity contribution in [3.05, 3.63) is 27.9 Å². The number of hydrogen-bond acceptors (Lipinski definition) is 4. The van der Waals surface area contributed by atoms with Crippen LogP contribution in [-0.4, -0.2) is 21.6 Å². The highest BCUT2D eigenvalue weighted by molar-refractivity contribution is 5.02. The average molecular weight is 169 g/mol. The molecule has 0 aliphatic carbocycles. The van der Waals surface area contributed by atoms with Crippen molar-refractivity contribution in [2.24, 2.45) is 5.73 Å². The number of aliphatic hydroxyl groups excluding tert-OH is 1. The van der Waals surface area contributed by atoms with Gasteiger partial charge in [0, 0.05) is 18.3 Å². The predicted octanol–water partition coefficient (Wildman–Crippen LogP) is -0.930. The maximum Gasteiger partial charge on any atom is 0.251 e. The Bertz CT molecular complexity index is 321. The molecular formula is C7H11N3O2. The Balaban J connectivity index is 3.08. The van der Waals surface area contributed by atoms with E-state index < -0.39 is 6.10 Å². The Labute approximate surface area is 69.3 Å². The summed E-state index contributed by atoms with van der Waals surface area (Å²) in [5.41, 5.74) is 5.49. The van der Waals surface area contributed by atoms with Crippen molar-refractivity contribution < 1.29 is 5.11 Å². The molecule has 0 aromatic carbocycles. The van der Waals surface area contributed by atoms with E-state index in [2.05, 4.69) is 9.97 Å². The third-order valence-corrected chi connectivity index (χ3v) is 1.43. The second kappa shape index (κ2) is 3.46. The van der Waals surface area contributed by atoms with Crippen molar-refractivity contribution in [3.8, 4) is 0 Å². The second-order valence-corrected chi connectivity index (χ2v) is 2.52. The lowest BCUT2D eigenvalue weighted by atomic mass is 10.3. The van der Waals surface area contributed by atoms with Gasteiger partial charge in [0.15, 0.2) is 0 Å². The SMILES string of the molecule is Cc1cc(=O)[nH]c(C(O)CN)n1. The highest BCUT2D eigenvalue weighted by atomic mass is 16.3. The van der Waals surface area contributed by atoms with E-state index in [0.717, 1.165) is 0 Å². The van der Waals surface area contributed by atoms with Gasteiger partial charge in [0.2, 0.25) is 0 Å². The van der Waals surface area contributed by atoms with Crippen LogP contribution in [0.25, 0.3) is 0 Å². The first-order valence-corrected chi connectivity index (χ1v) is 3.59. The van der Waals surface area contributed by atoms with Gasteiger partial charge in [0.05, 0.1) is 0 Å². The molecule has 0 fully saturated rings. The van der Waals surface area contributed by atoms with Gasteiger partial charge in [0.1, 0.15) is 11.9 Å². The molecule has 1 heterocycles. The fourth-order valence-corrected chi connectivity index (χ4v) is 0.872. The Hall–Kier alpha value is -1.20.